The highest BCUT2D eigenvalue weighted by Crippen LogP contribution is 2.18. The predicted molar refractivity (Wildman–Crippen MR) is 78.8 cm³/mol. The molecule has 7 heteroatoms. The lowest BCUT2D eigenvalue weighted by Crippen LogP contribution is -2.34. The Hall–Kier alpha value is -2.08. The van der Waals surface area contributed by atoms with Crippen molar-refractivity contribution in [3.05, 3.63) is 34.7 Å². The number of hydrogen-bond acceptors (Lipinski definition) is 3. The van der Waals surface area contributed by atoms with Crippen LogP contribution in [0.25, 0.3) is 5.65 Å². The number of rotatable bonds is 5. The van der Waals surface area contributed by atoms with Gasteiger partial charge in [0.25, 0.3) is 5.91 Å². The molecule has 0 aliphatic carbocycles. The molecule has 0 saturated carbocycles. The fraction of sp³-hybridized carbons (Fsp3) is 0.357. The predicted octanol–water partition coefficient (Wildman–Crippen LogP) is 2.23. The summed E-state index contributed by atoms with van der Waals surface area (Å²) in [6.07, 6.45) is 1.61. The van der Waals surface area contributed by atoms with Crippen molar-refractivity contribution in [1.29, 1.82) is 0 Å². The van der Waals surface area contributed by atoms with Gasteiger partial charge >= 0.3 is 5.97 Å². The zero-order valence-electron chi connectivity index (χ0n) is 11.8. The highest BCUT2D eigenvalue weighted by atomic mass is 35.5. The maximum atomic E-state index is 12.6. The topological polar surface area (TPSA) is 74.9 Å². The zero-order chi connectivity index (χ0) is 15.6. The number of aromatic nitrogens is 2. The third-order valence-electron chi connectivity index (χ3n) is 3.23. The minimum atomic E-state index is -0.928. The molecule has 2 heterocycles. The van der Waals surface area contributed by atoms with Crippen molar-refractivity contribution in [3.63, 3.8) is 0 Å². The Kier molecular flexibility index (Phi) is 4.47. The van der Waals surface area contributed by atoms with E-state index in [0.717, 1.165) is 0 Å². The summed E-state index contributed by atoms with van der Waals surface area (Å²) in [6, 6.07) is 3.36. The summed E-state index contributed by atoms with van der Waals surface area (Å²) in [6.45, 7) is 4.17. The van der Waals surface area contributed by atoms with Crippen LogP contribution in [0.4, 0.5) is 0 Å². The van der Waals surface area contributed by atoms with E-state index >= 15 is 0 Å². The van der Waals surface area contributed by atoms with Crippen LogP contribution in [0.5, 0.6) is 0 Å². The normalized spacial score (nSPS) is 10.8. The quantitative estimate of drug-likeness (QED) is 0.919. The third kappa shape index (κ3) is 3.16. The summed E-state index contributed by atoms with van der Waals surface area (Å²) in [4.78, 5) is 29.1. The number of fused-ring (bicyclic) bond motifs is 1. The average molecular weight is 310 g/mol. The molecule has 0 unspecified atom stereocenters. The van der Waals surface area contributed by atoms with Gasteiger partial charge in [-0.3, -0.25) is 14.0 Å². The molecule has 2 aromatic heterocycles. The molecule has 6 nitrogen and oxygen atoms in total. The van der Waals surface area contributed by atoms with Gasteiger partial charge in [0.05, 0.1) is 12.1 Å². The van der Waals surface area contributed by atoms with Crippen LogP contribution in [-0.2, 0) is 4.79 Å². The van der Waals surface area contributed by atoms with Crippen molar-refractivity contribution < 1.29 is 14.7 Å². The van der Waals surface area contributed by atoms with Gasteiger partial charge in [0, 0.05) is 30.4 Å². The van der Waals surface area contributed by atoms with Crippen LogP contribution >= 0.6 is 11.6 Å². The second-order valence-corrected chi connectivity index (χ2v) is 5.08. The van der Waals surface area contributed by atoms with E-state index in [9.17, 15) is 9.59 Å². The number of carbonyl (C=O) groups excluding carboxylic acids is 1. The van der Waals surface area contributed by atoms with Gasteiger partial charge in [0.15, 0.2) is 0 Å². The molecule has 0 fully saturated rings. The molecule has 1 N–H and O–H groups in total. The second-order valence-electron chi connectivity index (χ2n) is 4.65. The number of imidazole rings is 1. The summed E-state index contributed by atoms with van der Waals surface area (Å²) < 4.78 is 1.67. The van der Waals surface area contributed by atoms with Crippen LogP contribution in [0.3, 0.4) is 0 Å². The summed E-state index contributed by atoms with van der Waals surface area (Å²) >= 11 is 5.92. The van der Waals surface area contributed by atoms with Crippen LogP contribution in [0.1, 0.15) is 29.5 Å². The molecular formula is C14H16ClN3O3. The zero-order valence-corrected chi connectivity index (χ0v) is 12.6. The number of carboxylic acids is 1. The molecule has 0 spiro atoms. The van der Waals surface area contributed by atoms with Crippen molar-refractivity contribution >= 4 is 29.1 Å². The fourth-order valence-electron chi connectivity index (χ4n) is 2.18. The summed E-state index contributed by atoms with van der Waals surface area (Å²) in [5.74, 6) is -1.16. The lowest BCUT2D eigenvalue weighted by atomic mass is 10.2. The van der Waals surface area contributed by atoms with E-state index in [0.29, 0.717) is 28.6 Å². The molecule has 0 bridgehead atoms. The van der Waals surface area contributed by atoms with Crippen LogP contribution in [-0.4, -0.2) is 44.4 Å². The van der Waals surface area contributed by atoms with E-state index in [-0.39, 0.29) is 18.9 Å². The summed E-state index contributed by atoms with van der Waals surface area (Å²) in [5, 5.41) is 9.30. The molecule has 2 aromatic rings. The van der Waals surface area contributed by atoms with Gasteiger partial charge in [0.2, 0.25) is 0 Å². The van der Waals surface area contributed by atoms with E-state index in [1.165, 1.54) is 4.90 Å². The lowest BCUT2D eigenvalue weighted by molar-refractivity contribution is -0.137. The van der Waals surface area contributed by atoms with Crippen molar-refractivity contribution in [3.8, 4) is 0 Å². The Morgan fingerprint density at radius 1 is 1.48 bits per heavy atom. The number of pyridine rings is 1. The Balaban J connectivity index is 2.37. The average Bonchev–Trinajstić information content (AvgIpc) is 2.73. The maximum absolute atomic E-state index is 12.6. The number of aryl methyl sites for hydroxylation is 1. The molecule has 0 atom stereocenters. The largest absolute Gasteiger partial charge is 0.481 e. The fourth-order valence-corrected chi connectivity index (χ4v) is 2.33. The van der Waals surface area contributed by atoms with Crippen molar-refractivity contribution in [2.24, 2.45) is 0 Å². The Morgan fingerprint density at radius 2 is 2.19 bits per heavy atom. The molecule has 0 radical (unpaired) electrons. The van der Waals surface area contributed by atoms with Gasteiger partial charge in [-0.2, -0.15) is 0 Å². The summed E-state index contributed by atoms with van der Waals surface area (Å²) in [7, 11) is 0. The van der Waals surface area contributed by atoms with Crippen LogP contribution in [0, 0.1) is 6.92 Å². The van der Waals surface area contributed by atoms with Gasteiger partial charge in [-0.05, 0) is 19.9 Å². The van der Waals surface area contributed by atoms with Crippen LogP contribution in [0.2, 0.25) is 5.02 Å². The summed E-state index contributed by atoms with van der Waals surface area (Å²) in [5.41, 5.74) is 1.63. The molecule has 1 amide bonds. The molecule has 0 aliphatic rings. The molecule has 112 valence electrons. The number of halogens is 1. The third-order valence-corrected chi connectivity index (χ3v) is 3.46. The second kappa shape index (κ2) is 6.13. The first kappa shape index (κ1) is 15.3. The van der Waals surface area contributed by atoms with Crippen LogP contribution in [0.15, 0.2) is 18.3 Å². The molecule has 0 aliphatic heterocycles. The SMILES string of the molecule is CCN(CCC(=O)O)C(=O)c1c(C)nc2cc(Cl)ccn12. The van der Waals surface area contributed by atoms with Gasteiger partial charge in [-0.1, -0.05) is 11.6 Å². The van der Waals surface area contributed by atoms with E-state index in [2.05, 4.69) is 4.98 Å². The van der Waals surface area contributed by atoms with Gasteiger partial charge in [-0.25, -0.2) is 4.98 Å². The molecule has 21 heavy (non-hydrogen) atoms. The minimum Gasteiger partial charge on any atom is -0.481 e. The minimum absolute atomic E-state index is 0.0822. The first-order chi connectivity index (χ1) is 9.93. The monoisotopic (exact) mass is 309 g/mol. The number of aliphatic carboxylic acids is 1. The van der Waals surface area contributed by atoms with Crippen molar-refractivity contribution in [1.82, 2.24) is 14.3 Å². The van der Waals surface area contributed by atoms with Gasteiger partial charge in [-0.15, -0.1) is 0 Å². The number of carbonyl (C=O) groups is 2. The first-order valence-corrected chi connectivity index (χ1v) is 6.97. The van der Waals surface area contributed by atoms with Crippen LogP contribution < -0.4 is 0 Å². The number of hydrogen-bond donors (Lipinski definition) is 1. The molecule has 0 saturated heterocycles. The highest BCUT2D eigenvalue weighted by Gasteiger charge is 2.22. The van der Waals surface area contributed by atoms with E-state index in [1.54, 1.807) is 29.7 Å². The molecule has 2 rings (SSSR count). The number of nitrogens with zero attached hydrogens (tertiary/aromatic N) is 3. The van der Waals surface area contributed by atoms with E-state index < -0.39 is 5.97 Å². The standard InChI is InChI=1S/C14H16ClN3O3/c1-3-17(6-5-12(19)20)14(21)13-9(2)16-11-8-10(15)4-7-18(11)13/h4,7-8H,3,5-6H2,1-2H3,(H,19,20). The van der Waals surface area contributed by atoms with Crippen molar-refractivity contribution in [2.45, 2.75) is 20.3 Å². The number of amides is 1. The number of carboxylic acid groups (broad SMARTS) is 1. The Morgan fingerprint density at radius 3 is 2.81 bits per heavy atom. The Labute approximate surface area is 127 Å². The molecular weight excluding hydrogens is 294 g/mol. The Bertz CT molecular complexity index is 696. The highest BCUT2D eigenvalue weighted by molar-refractivity contribution is 6.30. The first-order valence-electron chi connectivity index (χ1n) is 6.59. The van der Waals surface area contributed by atoms with E-state index in [1.807, 2.05) is 6.92 Å². The van der Waals surface area contributed by atoms with Gasteiger partial charge < -0.3 is 10.0 Å². The van der Waals surface area contributed by atoms with E-state index in [4.69, 9.17) is 16.7 Å². The smallest absolute Gasteiger partial charge is 0.305 e. The van der Waals surface area contributed by atoms with Gasteiger partial charge in [0.1, 0.15) is 11.3 Å². The molecule has 0 aromatic carbocycles. The van der Waals surface area contributed by atoms with Crippen molar-refractivity contribution in [2.75, 3.05) is 13.1 Å². The maximum Gasteiger partial charge on any atom is 0.305 e. The lowest BCUT2D eigenvalue weighted by Gasteiger charge is -2.20.